The molecule has 1 saturated heterocycles. The maximum atomic E-state index is 11.8. The molecule has 7 heteroatoms. The van der Waals surface area contributed by atoms with Crippen molar-refractivity contribution < 1.29 is 19.5 Å². The Hall–Kier alpha value is -1.79. The summed E-state index contributed by atoms with van der Waals surface area (Å²) in [6.07, 6.45) is 1.11. The summed E-state index contributed by atoms with van der Waals surface area (Å²) in [5.41, 5.74) is 4.89. The number of primary amides is 1. The van der Waals surface area contributed by atoms with Crippen LogP contribution in [0.3, 0.4) is 0 Å². The van der Waals surface area contributed by atoms with E-state index in [0.29, 0.717) is 19.4 Å². The molecule has 1 aliphatic heterocycles. The number of carbonyl (C=O) groups is 3. The fraction of sp³-hybridized carbons (Fsp3) is 0.667. The number of hydrogen-bond donors (Lipinski definition) is 3. The predicted octanol–water partition coefficient (Wildman–Crippen LogP) is -0.881. The summed E-state index contributed by atoms with van der Waals surface area (Å²) in [5, 5.41) is 11.1. The van der Waals surface area contributed by atoms with Crippen molar-refractivity contribution in [2.75, 3.05) is 6.54 Å². The smallest absolute Gasteiger partial charge is 0.326 e. The number of urea groups is 1. The highest BCUT2D eigenvalue weighted by Gasteiger charge is 2.35. The minimum absolute atomic E-state index is 0.403. The quantitative estimate of drug-likeness (QED) is 0.583. The Labute approximate surface area is 92.6 Å². The van der Waals surface area contributed by atoms with Crippen molar-refractivity contribution in [3.63, 3.8) is 0 Å². The van der Waals surface area contributed by atoms with Gasteiger partial charge in [0.1, 0.15) is 12.1 Å². The summed E-state index contributed by atoms with van der Waals surface area (Å²) in [6, 6.07) is -2.38. The summed E-state index contributed by atoms with van der Waals surface area (Å²) in [7, 11) is 0. The average molecular weight is 229 g/mol. The molecule has 0 aliphatic carbocycles. The van der Waals surface area contributed by atoms with Crippen LogP contribution in [0.25, 0.3) is 0 Å². The van der Waals surface area contributed by atoms with E-state index in [4.69, 9.17) is 10.8 Å². The Bertz CT molecular complexity index is 318. The van der Waals surface area contributed by atoms with Crippen LogP contribution in [0.1, 0.15) is 19.8 Å². The second kappa shape index (κ2) is 4.82. The number of hydrogen-bond acceptors (Lipinski definition) is 3. The molecule has 16 heavy (non-hydrogen) atoms. The van der Waals surface area contributed by atoms with Crippen LogP contribution in [0.5, 0.6) is 0 Å². The fourth-order valence-corrected chi connectivity index (χ4v) is 1.81. The standard InChI is InChI=1S/C9H15N3O4/c1-5(11-9(10)16)7(13)12-4-2-3-6(12)8(14)15/h5-6H,2-4H2,1H3,(H,14,15)(H3,10,11,16)/t5?,6-/m0/s1. The number of nitrogens with one attached hydrogen (secondary N) is 1. The van der Waals surface area contributed by atoms with Crippen molar-refractivity contribution in [3.8, 4) is 0 Å². The van der Waals surface area contributed by atoms with E-state index < -0.39 is 30.0 Å². The van der Waals surface area contributed by atoms with E-state index in [0.717, 1.165) is 0 Å². The molecule has 1 heterocycles. The number of aliphatic carboxylic acids is 1. The highest BCUT2D eigenvalue weighted by molar-refractivity contribution is 5.89. The van der Waals surface area contributed by atoms with Gasteiger partial charge in [0, 0.05) is 6.54 Å². The molecule has 7 nitrogen and oxygen atoms in total. The molecule has 0 saturated carbocycles. The summed E-state index contributed by atoms with van der Waals surface area (Å²) in [6.45, 7) is 1.88. The van der Waals surface area contributed by atoms with E-state index in [9.17, 15) is 14.4 Å². The van der Waals surface area contributed by atoms with Crippen molar-refractivity contribution >= 4 is 17.9 Å². The molecule has 0 bridgehead atoms. The first kappa shape index (κ1) is 12.3. The molecule has 2 atom stereocenters. The van der Waals surface area contributed by atoms with Crippen LogP contribution >= 0.6 is 0 Å². The molecule has 3 amide bonds. The lowest BCUT2D eigenvalue weighted by molar-refractivity contribution is -0.148. The minimum Gasteiger partial charge on any atom is -0.480 e. The van der Waals surface area contributed by atoms with Gasteiger partial charge in [0.2, 0.25) is 5.91 Å². The topological polar surface area (TPSA) is 113 Å². The number of carboxylic acid groups (broad SMARTS) is 1. The lowest BCUT2D eigenvalue weighted by Crippen LogP contribution is -2.51. The van der Waals surface area contributed by atoms with Gasteiger partial charge < -0.3 is 21.1 Å². The third kappa shape index (κ3) is 2.62. The second-order valence-corrected chi connectivity index (χ2v) is 3.76. The number of carboxylic acids is 1. The Morgan fingerprint density at radius 1 is 1.50 bits per heavy atom. The SMILES string of the molecule is CC(NC(N)=O)C(=O)N1CCC[C@H]1C(=O)O. The molecule has 4 N–H and O–H groups in total. The first-order valence-electron chi connectivity index (χ1n) is 5.02. The van der Waals surface area contributed by atoms with Crippen LogP contribution < -0.4 is 11.1 Å². The average Bonchev–Trinajstić information content (AvgIpc) is 2.63. The fourth-order valence-electron chi connectivity index (χ4n) is 1.81. The van der Waals surface area contributed by atoms with Gasteiger partial charge in [-0.3, -0.25) is 4.79 Å². The van der Waals surface area contributed by atoms with Gasteiger partial charge in [0.05, 0.1) is 0 Å². The Kier molecular flexibility index (Phi) is 3.70. The van der Waals surface area contributed by atoms with Gasteiger partial charge in [-0.2, -0.15) is 0 Å². The van der Waals surface area contributed by atoms with E-state index in [1.54, 1.807) is 0 Å². The highest BCUT2D eigenvalue weighted by Crippen LogP contribution is 2.18. The maximum absolute atomic E-state index is 11.8. The molecular weight excluding hydrogens is 214 g/mol. The van der Waals surface area contributed by atoms with Crippen molar-refractivity contribution in [3.05, 3.63) is 0 Å². The van der Waals surface area contributed by atoms with Gasteiger partial charge in [0.15, 0.2) is 0 Å². The summed E-state index contributed by atoms with van der Waals surface area (Å²) in [5.74, 6) is -1.43. The Balaban J connectivity index is 2.65. The van der Waals surface area contributed by atoms with Gasteiger partial charge in [-0.15, -0.1) is 0 Å². The van der Waals surface area contributed by atoms with Crippen molar-refractivity contribution in [1.82, 2.24) is 10.2 Å². The molecule has 1 rings (SSSR count). The maximum Gasteiger partial charge on any atom is 0.326 e. The van der Waals surface area contributed by atoms with Gasteiger partial charge in [-0.05, 0) is 19.8 Å². The molecule has 1 unspecified atom stereocenters. The van der Waals surface area contributed by atoms with Crippen molar-refractivity contribution in [2.45, 2.75) is 31.8 Å². The first-order valence-corrected chi connectivity index (χ1v) is 5.02. The van der Waals surface area contributed by atoms with Crippen molar-refractivity contribution in [2.24, 2.45) is 5.73 Å². The van der Waals surface area contributed by atoms with E-state index in [2.05, 4.69) is 5.32 Å². The Morgan fingerprint density at radius 3 is 2.62 bits per heavy atom. The van der Waals surface area contributed by atoms with E-state index >= 15 is 0 Å². The van der Waals surface area contributed by atoms with Crippen LogP contribution in [0.4, 0.5) is 4.79 Å². The second-order valence-electron chi connectivity index (χ2n) is 3.76. The number of amides is 3. The molecule has 90 valence electrons. The van der Waals surface area contributed by atoms with Crippen LogP contribution in [0.2, 0.25) is 0 Å². The third-order valence-corrected chi connectivity index (χ3v) is 2.55. The summed E-state index contributed by atoms with van der Waals surface area (Å²) < 4.78 is 0. The number of carbonyl (C=O) groups excluding carboxylic acids is 2. The molecule has 1 fully saturated rings. The van der Waals surface area contributed by atoms with Crippen LogP contribution in [-0.4, -0.2) is 46.5 Å². The number of rotatable bonds is 3. The lowest BCUT2D eigenvalue weighted by Gasteiger charge is -2.24. The van der Waals surface area contributed by atoms with E-state index in [1.165, 1.54) is 11.8 Å². The largest absolute Gasteiger partial charge is 0.480 e. The van der Waals surface area contributed by atoms with Crippen LogP contribution in [0.15, 0.2) is 0 Å². The summed E-state index contributed by atoms with van der Waals surface area (Å²) in [4.78, 5) is 34.5. The van der Waals surface area contributed by atoms with Gasteiger partial charge in [-0.1, -0.05) is 0 Å². The molecule has 0 spiro atoms. The number of nitrogens with two attached hydrogens (primary N) is 1. The number of likely N-dealkylation sites (tertiary alicyclic amines) is 1. The normalized spacial score (nSPS) is 21.6. The minimum atomic E-state index is -1.02. The molecule has 1 aliphatic rings. The first-order chi connectivity index (χ1) is 7.43. The molecule has 0 aromatic heterocycles. The molecule has 0 aromatic carbocycles. The lowest BCUT2D eigenvalue weighted by atomic mass is 10.2. The van der Waals surface area contributed by atoms with Crippen molar-refractivity contribution in [1.29, 1.82) is 0 Å². The molecule has 0 radical (unpaired) electrons. The summed E-state index contributed by atoms with van der Waals surface area (Å²) >= 11 is 0. The van der Waals surface area contributed by atoms with E-state index in [1.807, 2.05) is 0 Å². The van der Waals surface area contributed by atoms with Crippen LogP contribution in [-0.2, 0) is 9.59 Å². The highest BCUT2D eigenvalue weighted by atomic mass is 16.4. The van der Waals surface area contributed by atoms with Gasteiger partial charge >= 0.3 is 12.0 Å². The van der Waals surface area contributed by atoms with E-state index in [-0.39, 0.29) is 0 Å². The zero-order chi connectivity index (χ0) is 12.3. The zero-order valence-corrected chi connectivity index (χ0v) is 8.97. The zero-order valence-electron chi connectivity index (χ0n) is 8.97. The van der Waals surface area contributed by atoms with Crippen LogP contribution in [0, 0.1) is 0 Å². The third-order valence-electron chi connectivity index (χ3n) is 2.55. The predicted molar refractivity (Wildman–Crippen MR) is 54.6 cm³/mol. The monoisotopic (exact) mass is 229 g/mol. The van der Waals surface area contributed by atoms with Gasteiger partial charge in [-0.25, -0.2) is 9.59 Å². The molecular formula is C9H15N3O4. The number of nitrogens with zero attached hydrogens (tertiary/aromatic N) is 1. The molecule has 0 aromatic rings. The van der Waals surface area contributed by atoms with Gasteiger partial charge in [0.25, 0.3) is 0 Å². The Morgan fingerprint density at radius 2 is 2.12 bits per heavy atom.